The Morgan fingerprint density at radius 2 is 1.89 bits per heavy atom. The molecule has 1 aliphatic heterocycles. The summed E-state index contributed by atoms with van der Waals surface area (Å²) in [4.78, 5) is 17.4. The zero-order valence-corrected chi connectivity index (χ0v) is 16.2. The van der Waals surface area contributed by atoms with Crippen molar-refractivity contribution >= 4 is 11.6 Å². The molecule has 0 bridgehead atoms. The van der Waals surface area contributed by atoms with Gasteiger partial charge in [-0.3, -0.25) is 4.79 Å². The molecule has 0 radical (unpaired) electrons. The van der Waals surface area contributed by atoms with Crippen LogP contribution < -0.4 is 14.8 Å². The molecule has 0 atom stereocenters. The van der Waals surface area contributed by atoms with E-state index >= 15 is 0 Å². The topological polar surface area (TPSA) is 65.4 Å². The minimum absolute atomic E-state index is 0.0961. The Labute approximate surface area is 164 Å². The number of hydrogen-bond acceptors (Lipinski definition) is 4. The van der Waals surface area contributed by atoms with Gasteiger partial charge in [0.25, 0.3) is 0 Å². The number of imidazole rings is 1. The first kappa shape index (κ1) is 18.1. The van der Waals surface area contributed by atoms with E-state index in [0.29, 0.717) is 24.7 Å². The highest BCUT2D eigenvalue weighted by atomic mass is 16.6. The highest BCUT2D eigenvalue weighted by Crippen LogP contribution is 2.35. The molecule has 1 aromatic heterocycles. The first-order valence-corrected chi connectivity index (χ1v) is 9.24. The summed E-state index contributed by atoms with van der Waals surface area (Å²) in [5, 5.41) is 3.03. The molecule has 4 rings (SSSR count). The first-order valence-electron chi connectivity index (χ1n) is 9.24. The molecule has 28 heavy (non-hydrogen) atoms. The van der Waals surface area contributed by atoms with Gasteiger partial charge in [0.15, 0.2) is 11.5 Å². The number of anilines is 1. The Morgan fingerprint density at radius 1 is 1.11 bits per heavy atom. The summed E-state index contributed by atoms with van der Waals surface area (Å²) >= 11 is 0. The molecule has 2 heterocycles. The van der Waals surface area contributed by atoms with E-state index in [9.17, 15) is 4.79 Å². The van der Waals surface area contributed by atoms with Crippen LogP contribution in [0.4, 0.5) is 5.69 Å². The largest absolute Gasteiger partial charge is 0.486 e. The highest BCUT2D eigenvalue weighted by molar-refractivity contribution is 5.99. The maximum absolute atomic E-state index is 13.1. The van der Waals surface area contributed by atoms with E-state index in [1.165, 1.54) is 0 Å². The zero-order chi connectivity index (χ0) is 19.7. The third-order valence-corrected chi connectivity index (χ3v) is 5.03. The van der Waals surface area contributed by atoms with Gasteiger partial charge in [-0.15, -0.1) is 0 Å². The fraction of sp³-hybridized carbons (Fsp3) is 0.273. The smallest absolute Gasteiger partial charge is 0.234 e. The second-order valence-corrected chi connectivity index (χ2v) is 7.38. The van der Waals surface area contributed by atoms with Crippen molar-refractivity contribution in [3.8, 4) is 22.9 Å². The fourth-order valence-corrected chi connectivity index (χ4v) is 3.23. The quantitative estimate of drug-likeness (QED) is 0.752. The van der Waals surface area contributed by atoms with E-state index in [4.69, 9.17) is 9.47 Å². The van der Waals surface area contributed by atoms with Gasteiger partial charge in [0.2, 0.25) is 5.91 Å². The predicted octanol–water partition coefficient (Wildman–Crippen LogP) is 3.77. The number of nitrogens with one attached hydrogen (secondary N) is 1. The maximum atomic E-state index is 13.1. The van der Waals surface area contributed by atoms with Crippen LogP contribution in [-0.2, 0) is 17.3 Å². The van der Waals surface area contributed by atoms with Gasteiger partial charge in [-0.2, -0.15) is 0 Å². The van der Waals surface area contributed by atoms with Gasteiger partial charge in [-0.25, -0.2) is 4.98 Å². The summed E-state index contributed by atoms with van der Waals surface area (Å²) in [6.45, 7) is 4.86. The summed E-state index contributed by atoms with van der Waals surface area (Å²) in [6.07, 6.45) is 3.65. The van der Waals surface area contributed by atoms with E-state index in [2.05, 4.69) is 10.3 Å². The van der Waals surface area contributed by atoms with Crippen LogP contribution in [-0.4, -0.2) is 28.7 Å². The molecule has 144 valence electrons. The van der Waals surface area contributed by atoms with Crippen molar-refractivity contribution in [2.45, 2.75) is 19.3 Å². The number of rotatable bonds is 4. The minimum atomic E-state index is -0.741. The molecule has 2 aromatic carbocycles. The molecule has 0 saturated carbocycles. The molecule has 1 aliphatic rings. The molecule has 0 saturated heterocycles. The molecule has 6 heteroatoms. The van der Waals surface area contributed by atoms with E-state index in [1.54, 1.807) is 6.20 Å². The van der Waals surface area contributed by atoms with Crippen LogP contribution in [0, 0.1) is 0 Å². The third kappa shape index (κ3) is 3.33. The molecule has 0 aliphatic carbocycles. The minimum Gasteiger partial charge on any atom is -0.486 e. The lowest BCUT2D eigenvalue weighted by atomic mass is 9.83. The number of amides is 1. The SMILES string of the molecule is Cn1ccnc1-c1cccc(NC(=O)C(C)(C)c2ccc3c(c2)OCCO3)c1. The molecular formula is C22H23N3O3. The van der Waals surface area contributed by atoms with Crippen LogP contribution in [0.3, 0.4) is 0 Å². The summed E-state index contributed by atoms with van der Waals surface area (Å²) in [5.41, 5.74) is 1.81. The van der Waals surface area contributed by atoms with Crippen molar-refractivity contribution in [1.29, 1.82) is 0 Å². The average Bonchev–Trinajstić information content (AvgIpc) is 3.13. The van der Waals surface area contributed by atoms with Crippen molar-refractivity contribution in [2.24, 2.45) is 7.05 Å². The number of aromatic nitrogens is 2. The Balaban J connectivity index is 1.57. The van der Waals surface area contributed by atoms with Crippen LogP contribution in [0.15, 0.2) is 54.9 Å². The number of benzene rings is 2. The summed E-state index contributed by atoms with van der Waals surface area (Å²) < 4.78 is 13.2. The molecule has 1 amide bonds. The van der Waals surface area contributed by atoms with Crippen LogP contribution in [0.1, 0.15) is 19.4 Å². The number of nitrogens with zero attached hydrogens (tertiary/aromatic N) is 2. The normalized spacial score (nSPS) is 13.2. The Kier molecular flexibility index (Phi) is 4.55. The lowest BCUT2D eigenvalue weighted by Crippen LogP contribution is -2.34. The third-order valence-electron chi connectivity index (χ3n) is 5.03. The van der Waals surface area contributed by atoms with E-state index < -0.39 is 5.41 Å². The highest BCUT2D eigenvalue weighted by Gasteiger charge is 2.31. The fourth-order valence-electron chi connectivity index (χ4n) is 3.23. The van der Waals surface area contributed by atoms with Gasteiger partial charge in [0.1, 0.15) is 19.0 Å². The lowest BCUT2D eigenvalue weighted by Gasteiger charge is -2.26. The van der Waals surface area contributed by atoms with Gasteiger partial charge >= 0.3 is 0 Å². The lowest BCUT2D eigenvalue weighted by molar-refractivity contribution is -0.120. The van der Waals surface area contributed by atoms with E-state index in [0.717, 1.165) is 22.6 Å². The molecule has 0 unspecified atom stereocenters. The molecular weight excluding hydrogens is 354 g/mol. The van der Waals surface area contributed by atoms with Crippen molar-refractivity contribution in [1.82, 2.24) is 9.55 Å². The second kappa shape index (κ2) is 7.03. The molecule has 1 N–H and O–H groups in total. The maximum Gasteiger partial charge on any atom is 0.234 e. The average molecular weight is 377 g/mol. The number of carbonyl (C=O) groups is 1. The van der Waals surface area contributed by atoms with Crippen LogP contribution >= 0.6 is 0 Å². The van der Waals surface area contributed by atoms with Crippen molar-refractivity contribution in [3.05, 3.63) is 60.4 Å². The predicted molar refractivity (Wildman–Crippen MR) is 108 cm³/mol. The van der Waals surface area contributed by atoms with E-state index in [1.807, 2.05) is 74.1 Å². The summed E-state index contributed by atoms with van der Waals surface area (Å²) in [6, 6.07) is 13.4. The van der Waals surface area contributed by atoms with E-state index in [-0.39, 0.29) is 5.91 Å². The van der Waals surface area contributed by atoms with Crippen LogP contribution in [0.25, 0.3) is 11.4 Å². The second-order valence-electron chi connectivity index (χ2n) is 7.38. The van der Waals surface area contributed by atoms with Crippen molar-refractivity contribution in [2.75, 3.05) is 18.5 Å². The van der Waals surface area contributed by atoms with Gasteiger partial charge in [-0.05, 0) is 43.7 Å². The molecule has 6 nitrogen and oxygen atoms in total. The Bertz CT molecular complexity index is 1020. The number of hydrogen-bond donors (Lipinski definition) is 1. The molecule has 0 fully saturated rings. The van der Waals surface area contributed by atoms with Crippen molar-refractivity contribution in [3.63, 3.8) is 0 Å². The standard InChI is InChI=1S/C22H23N3O3/c1-22(2,16-7-8-18-19(14-16)28-12-11-27-18)21(26)24-17-6-4-5-15(13-17)20-23-9-10-25(20)3/h4-10,13-14H,11-12H2,1-3H3,(H,24,26). The van der Waals surface area contributed by atoms with Crippen LogP contribution in [0.2, 0.25) is 0 Å². The summed E-state index contributed by atoms with van der Waals surface area (Å²) in [5.74, 6) is 2.15. The number of fused-ring (bicyclic) bond motifs is 1. The van der Waals surface area contributed by atoms with Crippen molar-refractivity contribution < 1.29 is 14.3 Å². The zero-order valence-electron chi connectivity index (χ0n) is 16.2. The Morgan fingerprint density at radius 3 is 2.64 bits per heavy atom. The summed E-state index contributed by atoms with van der Waals surface area (Å²) in [7, 11) is 1.94. The van der Waals surface area contributed by atoms with Crippen LogP contribution in [0.5, 0.6) is 11.5 Å². The number of ether oxygens (including phenoxy) is 2. The van der Waals surface area contributed by atoms with Gasteiger partial charge in [-0.1, -0.05) is 18.2 Å². The first-order chi connectivity index (χ1) is 13.4. The molecule has 0 spiro atoms. The number of aryl methyl sites for hydroxylation is 1. The van der Waals surface area contributed by atoms with Gasteiger partial charge in [0.05, 0.1) is 5.41 Å². The van der Waals surface area contributed by atoms with Gasteiger partial charge < -0.3 is 19.4 Å². The molecule has 3 aromatic rings. The van der Waals surface area contributed by atoms with Gasteiger partial charge in [0, 0.05) is 30.7 Å². The Hall–Kier alpha value is -3.28. The number of carbonyl (C=O) groups excluding carboxylic acids is 1. The monoisotopic (exact) mass is 377 g/mol.